The second-order valence-electron chi connectivity index (χ2n) is 6.95. The van der Waals surface area contributed by atoms with Crippen molar-refractivity contribution in [2.24, 2.45) is 0 Å². The van der Waals surface area contributed by atoms with Gasteiger partial charge < -0.3 is 10.6 Å². The van der Waals surface area contributed by atoms with Crippen molar-refractivity contribution < 1.29 is 9.59 Å². The van der Waals surface area contributed by atoms with E-state index < -0.39 is 0 Å². The molecule has 0 atom stereocenters. The minimum atomic E-state index is -0.217. The van der Waals surface area contributed by atoms with Crippen molar-refractivity contribution in [3.63, 3.8) is 0 Å². The van der Waals surface area contributed by atoms with Gasteiger partial charge in [-0.15, -0.1) is 0 Å². The van der Waals surface area contributed by atoms with Crippen molar-refractivity contribution in [3.05, 3.63) is 108 Å². The molecule has 2 N–H and O–H groups in total. The summed E-state index contributed by atoms with van der Waals surface area (Å²) < 4.78 is 0. The van der Waals surface area contributed by atoms with Crippen molar-refractivity contribution >= 4 is 28.3 Å². The normalized spacial score (nSPS) is 10.5. The molecule has 4 aromatic rings. The number of nitrogens with one attached hydrogen (secondary N) is 2. The van der Waals surface area contributed by atoms with Gasteiger partial charge in [0.2, 0.25) is 5.91 Å². The number of carbonyl (C=O) groups excluding carboxylic acids is 2. The zero-order valence-electron chi connectivity index (χ0n) is 16.3. The van der Waals surface area contributed by atoms with Crippen molar-refractivity contribution in [1.29, 1.82) is 0 Å². The van der Waals surface area contributed by atoms with Gasteiger partial charge in [0.15, 0.2) is 0 Å². The lowest BCUT2D eigenvalue weighted by molar-refractivity contribution is -0.115. The van der Waals surface area contributed by atoms with Crippen LogP contribution in [0, 0.1) is 0 Å². The van der Waals surface area contributed by atoms with E-state index in [2.05, 4.69) is 15.6 Å². The summed E-state index contributed by atoms with van der Waals surface area (Å²) in [6, 6.07) is 26.4. The van der Waals surface area contributed by atoms with E-state index in [0.29, 0.717) is 17.8 Å². The second kappa shape index (κ2) is 9.01. The van der Waals surface area contributed by atoms with E-state index in [0.717, 1.165) is 22.0 Å². The van der Waals surface area contributed by atoms with E-state index in [-0.39, 0.29) is 18.2 Å². The van der Waals surface area contributed by atoms with Gasteiger partial charge in [-0.05, 0) is 46.7 Å². The number of amides is 2. The Hall–Kier alpha value is -3.99. The predicted molar refractivity (Wildman–Crippen MR) is 118 cm³/mol. The molecule has 0 aliphatic carbocycles. The van der Waals surface area contributed by atoms with E-state index in [1.807, 2.05) is 60.7 Å². The average molecular weight is 395 g/mol. The first-order valence-electron chi connectivity index (χ1n) is 9.74. The predicted octanol–water partition coefficient (Wildman–Crippen LogP) is 4.35. The highest BCUT2D eigenvalue weighted by Gasteiger charge is 2.10. The molecule has 0 aliphatic heterocycles. The highest BCUT2D eigenvalue weighted by molar-refractivity contribution is 5.98. The third-order valence-electron chi connectivity index (χ3n) is 4.80. The number of benzene rings is 3. The number of hydrogen-bond donors (Lipinski definition) is 2. The van der Waals surface area contributed by atoms with Crippen molar-refractivity contribution in [2.75, 3.05) is 5.32 Å². The largest absolute Gasteiger partial charge is 0.346 e. The maximum absolute atomic E-state index is 12.6. The van der Waals surface area contributed by atoms with Crippen LogP contribution in [0.1, 0.15) is 21.6 Å². The molecule has 5 nitrogen and oxygen atoms in total. The van der Waals surface area contributed by atoms with Gasteiger partial charge in [-0.2, -0.15) is 0 Å². The molecule has 0 saturated heterocycles. The number of nitrogens with zero attached hydrogens (tertiary/aromatic N) is 1. The zero-order valence-corrected chi connectivity index (χ0v) is 16.3. The quantitative estimate of drug-likeness (QED) is 0.510. The molecule has 0 saturated carbocycles. The van der Waals surface area contributed by atoms with Gasteiger partial charge in [-0.25, -0.2) is 0 Å². The number of carbonyl (C=O) groups is 2. The zero-order chi connectivity index (χ0) is 20.8. The monoisotopic (exact) mass is 395 g/mol. The minimum Gasteiger partial charge on any atom is -0.346 e. The fourth-order valence-corrected chi connectivity index (χ4v) is 3.34. The summed E-state index contributed by atoms with van der Waals surface area (Å²) >= 11 is 0. The topological polar surface area (TPSA) is 71.1 Å². The van der Waals surface area contributed by atoms with E-state index >= 15 is 0 Å². The Kier molecular flexibility index (Phi) is 5.80. The van der Waals surface area contributed by atoms with Gasteiger partial charge >= 0.3 is 0 Å². The van der Waals surface area contributed by atoms with Crippen molar-refractivity contribution in [2.45, 2.75) is 13.0 Å². The van der Waals surface area contributed by atoms with E-state index in [9.17, 15) is 9.59 Å². The highest BCUT2D eigenvalue weighted by Crippen LogP contribution is 2.19. The molecule has 4 rings (SSSR count). The molecule has 3 aromatic carbocycles. The van der Waals surface area contributed by atoms with Gasteiger partial charge in [0.1, 0.15) is 0 Å². The number of fused-ring (bicyclic) bond motifs is 1. The van der Waals surface area contributed by atoms with Crippen LogP contribution in [0.2, 0.25) is 0 Å². The van der Waals surface area contributed by atoms with E-state index in [4.69, 9.17) is 0 Å². The lowest BCUT2D eigenvalue weighted by Gasteiger charge is -2.10. The summed E-state index contributed by atoms with van der Waals surface area (Å²) in [4.78, 5) is 29.2. The fraction of sp³-hybridized carbons (Fsp3) is 0.0800. The molecular weight excluding hydrogens is 374 g/mol. The third kappa shape index (κ3) is 4.70. The first-order valence-corrected chi connectivity index (χ1v) is 9.74. The summed E-state index contributed by atoms with van der Waals surface area (Å²) in [5.74, 6) is -0.344. The lowest BCUT2D eigenvalue weighted by atomic mass is 10.0. The molecule has 0 bridgehead atoms. The lowest BCUT2D eigenvalue weighted by Crippen LogP contribution is -2.23. The number of hydrogen-bond acceptors (Lipinski definition) is 3. The summed E-state index contributed by atoms with van der Waals surface area (Å²) in [7, 11) is 0. The summed E-state index contributed by atoms with van der Waals surface area (Å²) in [6.45, 7) is 0.345. The van der Waals surface area contributed by atoms with Crippen LogP contribution >= 0.6 is 0 Å². The van der Waals surface area contributed by atoms with Crippen LogP contribution in [0.25, 0.3) is 10.8 Å². The molecule has 2 amide bonds. The van der Waals surface area contributed by atoms with Crippen LogP contribution < -0.4 is 10.6 Å². The Morgan fingerprint density at radius 2 is 1.63 bits per heavy atom. The Morgan fingerprint density at radius 1 is 0.833 bits per heavy atom. The van der Waals surface area contributed by atoms with Crippen LogP contribution in [0.4, 0.5) is 5.69 Å². The molecule has 0 spiro atoms. The van der Waals surface area contributed by atoms with E-state index in [1.54, 1.807) is 30.5 Å². The molecule has 0 fully saturated rings. The molecule has 148 valence electrons. The smallest absolute Gasteiger partial charge is 0.251 e. The van der Waals surface area contributed by atoms with Crippen molar-refractivity contribution in [3.8, 4) is 0 Å². The summed E-state index contributed by atoms with van der Waals surface area (Å²) in [5.41, 5.74) is 2.82. The molecule has 1 heterocycles. The molecule has 0 radical (unpaired) electrons. The molecule has 5 heteroatoms. The number of aromatic nitrogens is 1. The van der Waals surface area contributed by atoms with Gasteiger partial charge in [0.05, 0.1) is 18.7 Å². The van der Waals surface area contributed by atoms with Gasteiger partial charge in [0.25, 0.3) is 5.91 Å². The minimum absolute atomic E-state index is 0.127. The molecule has 0 unspecified atom stereocenters. The van der Waals surface area contributed by atoms with Crippen LogP contribution in [-0.4, -0.2) is 16.8 Å². The van der Waals surface area contributed by atoms with E-state index in [1.165, 1.54) is 0 Å². The van der Waals surface area contributed by atoms with Gasteiger partial charge in [-0.3, -0.25) is 14.6 Å². The summed E-state index contributed by atoms with van der Waals surface area (Å²) in [6.07, 6.45) is 1.95. The Bertz CT molecular complexity index is 1180. The van der Waals surface area contributed by atoms with Gasteiger partial charge in [-0.1, -0.05) is 54.6 Å². The number of rotatable bonds is 6. The van der Waals surface area contributed by atoms with Crippen LogP contribution in [0.5, 0.6) is 0 Å². The molecule has 1 aromatic heterocycles. The standard InChI is InChI=1S/C25H21N3O2/c29-24(16-19-9-5-8-18-7-1-2-13-23(18)19)28-21-12-6-10-20(15-21)25(30)27-17-22-11-3-4-14-26-22/h1-15H,16-17H2,(H,27,30)(H,28,29). The SMILES string of the molecule is O=C(Cc1cccc2ccccc12)Nc1cccc(C(=O)NCc2ccccn2)c1. The Balaban J connectivity index is 1.41. The second-order valence-corrected chi connectivity index (χ2v) is 6.95. The Labute approximate surface area is 174 Å². The van der Waals surface area contributed by atoms with Gasteiger partial charge in [0, 0.05) is 17.4 Å². The highest BCUT2D eigenvalue weighted by atomic mass is 16.2. The summed E-state index contributed by atoms with van der Waals surface area (Å²) in [5, 5.41) is 7.91. The fourth-order valence-electron chi connectivity index (χ4n) is 3.34. The van der Waals surface area contributed by atoms with Crippen molar-refractivity contribution in [1.82, 2.24) is 10.3 Å². The molecule has 30 heavy (non-hydrogen) atoms. The van der Waals surface area contributed by atoms with Crippen LogP contribution in [-0.2, 0) is 17.8 Å². The maximum Gasteiger partial charge on any atom is 0.251 e. The first kappa shape index (κ1) is 19.3. The number of pyridine rings is 1. The van der Waals surface area contributed by atoms with Crippen LogP contribution in [0.3, 0.4) is 0 Å². The third-order valence-corrected chi connectivity index (χ3v) is 4.80. The maximum atomic E-state index is 12.6. The molecule has 0 aliphatic rings. The first-order chi connectivity index (χ1) is 14.7. The van der Waals surface area contributed by atoms with Crippen LogP contribution in [0.15, 0.2) is 91.1 Å². The average Bonchev–Trinajstić information content (AvgIpc) is 2.78. The number of anilines is 1. The Morgan fingerprint density at radius 3 is 2.50 bits per heavy atom. The molecular formula is C25H21N3O2.